The topological polar surface area (TPSA) is 62.3 Å². The van der Waals surface area contributed by atoms with Crippen LogP contribution in [0.15, 0.2) is 18.2 Å². The lowest BCUT2D eigenvalue weighted by atomic mass is 10.1. The van der Waals surface area contributed by atoms with Gasteiger partial charge in [-0.2, -0.15) is 0 Å². The number of piperidine rings is 1. The molecule has 0 spiro atoms. The van der Waals surface area contributed by atoms with Crippen LogP contribution in [0.4, 0.5) is 0 Å². The molecule has 2 aliphatic rings. The van der Waals surface area contributed by atoms with Crippen LogP contribution in [0.2, 0.25) is 0 Å². The molecule has 2 amide bonds. The second-order valence-corrected chi connectivity index (χ2v) is 7.81. The molecular formula is C23H33N3O4. The monoisotopic (exact) mass is 415 g/mol. The number of methoxy groups -OCH3 is 2. The largest absolute Gasteiger partial charge is 0.493 e. The lowest BCUT2D eigenvalue weighted by molar-refractivity contribution is -0.133. The molecule has 164 valence electrons. The molecular weight excluding hydrogens is 382 g/mol. The van der Waals surface area contributed by atoms with Gasteiger partial charge in [0.1, 0.15) is 0 Å². The molecule has 1 aromatic carbocycles. The van der Waals surface area contributed by atoms with Crippen molar-refractivity contribution in [2.75, 3.05) is 60.0 Å². The summed E-state index contributed by atoms with van der Waals surface area (Å²) in [5, 5.41) is 0. The Kier molecular flexibility index (Phi) is 7.74. The lowest BCUT2D eigenvalue weighted by Crippen LogP contribution is -2.52. The molecule has 0 saturated carbocycles. The van der Waals surface area contributed by atoms with Gasteiger partial charge in [-0.3, -0.25) is 14.5 Å². The molecule has 0 N–H and O–H groups in total. The van der Waals surface area contributed by atoms with Crippen molar-refractivity contribution >= 4 is 17.9 Å². The summed E-state index contributed by atoms with van der Waals surface area (Å²) in [6, 6.07) is 3.58. The number of hydrogen-bond donors (Lipinski definition) is 0. The van der Waals surface area contributed by atoms with Crippen LogP contribution in [0.25, 0.3) is 6.08 Å². The minimum Gasteiger partial charge on any atom is -0.493 e. The molecule has 7 nitrogen and oxygen atoms in total. The van der Waals surface area contributed by atoms with E-state index in [2.05, 4.69) is 4.90 Å². The van der Waals surface area contributed by atoms with Crippen molar-refractivity contribution in [2.45, 2.75) is 26.2 Å². The Labute approximate surface area is 179 Å². The van der Waals surface area contributed by atoms with Gasteiger partial charge in [-0.05, 0) is 38.3 Å². The second kappa shape index (κ2) is 10.5. The summed E-state index contributed by atoms with van der Waals surface area (Å²) in [6.45, 7) is 6.77. The van der Waals surface area contributed by atoms with Crippen molar-refractivity contribution in [1.29, 1.82) is 0 Å². The van der Waals surface area contributed by atoms with E-state index in [1.807, 2.05) is 34.9 Å². The fourth-order valence-corrected chi connectivity index (χ4v) is 4.15. The predicted molar refractivity (Wildman–Crippen MR) is 117 cm³/mol. The van der Waals surface area contributed by atoms with Gasteiger partial charge in [-0.25, -0.2) is 0 Å². The number of carbonyl (C=O) groups excluding carboxylic acids is 2. The van der Waals surface area contributed by atoms with E-state index in [1.165, 1.54) is 6.42 Å². The Bertz CT molecular complexity index is 779. The molecule has 2 fully saturated rings. The number of rotatable bonds is 6. The second-order valence-electron chi connectivity index (χ2n) is 7.81. The van der Waals surface area contributed by atoms with Crippen molar-refractivity contribution in [3.05, 3.63) is 29.3 Å². The Hall–Kier alpha value is -2.54. The fourth-order valence-electron chi connectivity index (χ4n) is 4.15. The zero-order chi connectivity index (χ0) is 21.5. The zero-order valence-electron chi connectivity index (χ0n) is 18.4. The summed E-state index contributed by atoms with van der Waals surface area (Å²) in [5.41, 5.74) is 1.40. The molecule has 2 aliphatic heterocycles. The van der Waals surface area contributed by atoms with Crippen LogP contribution in [-0.4, -0.2) is 86.5 Å². The number of hydrogen-bond acceptors (Lipinski definition) is 5. The van der Waals surface area contributed by atoms with E-state index in [9.17, 15) is 9.59 Å². The number of amides is 2. The Morgan fingerprint density at radius 1 is 0.933 bits per heavy atom. The third kappa shape index (κ3) is 5.14. The number of benzene rings is 1. The van der Waals surface area contributed by atoms with E-state index in [0.717, 1.165) is 31.5 Å². The molecule has 0 unspecified atom stereocenters. The first kappa shape index (κ1) is 22.2. The van der Waals surface area contributed by atoms with Crippen LogP contribution >= 0.6 is 0 Å². The SMILES string of the molecule is C/C=C/c1cc(C(=O)N2CCN(CC(=O)N3CCCCC3)CC2)cc(OC)c1OC. The van der Waals surface area contributed by atoms with Gasteiger partial charge >= 0.3 is 0 Å². The first-order valence-electron chi connectivity index (χ1n) is 10.8. The molecule has 0 aliphatic carbocycles. The van der Waals surface area contributed by atoms with E-state index in [1.54, 1.807) is 20.3 Å². The number of ether oxygens (including phenoxy) is 2. The molecule has 0 radical (unpaired) electrons. The summed E-state index contributed by atoms with van der Waals surface area (Å²) >= 11 is 0. The highest BCUT2D eigenvalue weighted by Crippen LogP contribution is 2.34. The standard InChI is InChI=1S/C23H33N3O4/c1-4-8-18-15-19(16-20(29-2)22(18)30-3)23(28)26-13-11-24(12-14-26)17-21(27)25-9-6-5-7-10-25/h4,8,15-16H,5-7,9-14,17H2,1-3H3/b8-4+. The molecule has 0 aromatic heterocycles. The molecule has 7 heteroatoms. The van der Waals surface area contributed by atoms with Gasteiger partial charge in [0.15, 0.2) is 11.5 Å². The van der Waals surface area contributed by atoms with Crippen molar-refractivity contribution in [3.8, 4) is 11.5 Å². The average molecular weight is 416 g/mol. The van der Waals surface area contributed by atoms with Crippen LogP contribution in [0, 0.1) is 0 Å². The molecule has 0 bridgehead atoms. The van der Waals surface area contributed by atoms with Gasteiger partial charge in [0.05, 0.1) is 20.8 Å². The molecule has 1 aromatic rings. The lowest BCUT2D eigenvalue weighted by Gasteiger charge is -2.36. The predicted octanol–water partition coefficient (Wildman–Crippen LogP) is 2.51. The average Bonchev–Trinajstić information content (AvgIpc) is 2.79. The van der Waals surface area contributed by atoms with Crippen LogP contribution in [0.5, 0.6) is 11.5 Å². The summed E-state index contributed by atoms with van der Waals surface area (Å²) < 4.78 is 10.9. The summed E-state index contributed by atoms with van der Waals surface area (Å²) in [6.07, 6.45) is 7.24. The molecule has 2 heterocycles. The maximum Gasteiger partial charge on any atom is 0.254 e. The zero-order valence-corrected chi connectivity index (χ0v) is 18.4. The van der Waals surface area contributed by atoms with Crippen LogP contribution in [0.1, 0.15) is 42.1 Å². The van der Waals surface area contributed by atoms with Gasteiger partial charge in [0.2, 0.25) is 5.91 Å². The molecule has 2 saturated heterocycles. The molecule has 0 atom stereocenters. The van der Waals surface area contributed by atoms with E-state index >= 15 is 0 Å². The highest BCUT2D eigenvalue weighted by molar-refractivity contribution is 5.96. The van der Waals surface area contributed by atoms with Gasteiger partial charge in [0.25, 0.3) is 5.91 Å². The highest BCUT2D eigenvalue weighted by Gasteiger charge is 2.26. The van der Waals surface area contributed by atoms with E-state index in [0.29, 0.717) is 49.8 Å². The summed E-state index contributed by atoms with van der Waals surface area (Å²) in [5.74, 6) is 1.35. The minimum atomic E-state index is -0.0243. The van der Waals surface area contributed by atoms with E-state index < -0.39 is 0 Å². The first-order valence-corrected chi connectivity index (χ1v) is 10.8. The number of allylic oxidation sites excluding steroid dienone is 1. The third-order valence-corrected chi connectivity index (χ3v) is 5.83. The van der Waals surface area contributed by atoms with Crippen LogP contribution in [-0.2, 0) is 4.79 Å². The van der Waals surface area contributed by atoms with Crippen molar-refractivity contribution in [3.63, 3.8) is 0 Å². The van der Waals surface area contributed by atoms with E-state index in [-0.39, 0.29) is 11.8 Å². The fraction of sp³-hybridized carbons (Fsp3) is 0.565. The van der Waals surface area contributed by atoms with Crippen molar-refractivity contribution < 1.29 is 19.1 Å². The highest BCUT2D eigenvalue weighted by atomic mass is 16.5. The Morgan fingerprint density at radius 2 is 1.63 bits per heavy atom. The number of nitrogens with zero attached hydrogens (tertiary/aromatic N) is 3. The summed E-state index contributed by atoms with van der Waals surface area (Å²) in [4.78, 5) is 31.6. The number of likely N-dealkylation sites (tertiary alicyclic amines) is 1. The first-order chi connectivity index (χ1) is 14.6. The quantitative estimate of drug-likeness (QED) is 0.714. The van der Waals surface area contributed by atoms with Gasteiger partial charge in [-0.15, -0.1) is 0 Å². The van der Waals surface area contributed by atoms with E-state index in [4.69, 9.17) is 9.47 Å². The minimum absolute atomic E-state index is 0.0243. The van der Waals surface area contributed by atoms with Gasteiger partial charge in [0, 0.05) is 50.4 Å². The van der Waals surface area contributed by atoms with Crippen LogP contribution in [0.3, 0.4) is 0 Å². The maximum atomic E-state index is 13.1. The normalized spacial score (nSPS) is 18.0. The molecule has 3 rings (SSSR count). The van der Waals surface area contributed by atoms with Gasteiger partial charge < -0.3 is 19.3 Å². The molecule has 30 heavy (non-hydrogen) atoms. The third-order valence-electron chi connectivity index (χ3n) is 5.83. The van der Waals surface area contributed by atoms with Gasteiger partial charge in [-0.1, -0.05) is 12.2 Å². The Balaban J connectivity index is 1.62. The van der Waals surface area contributed by atoms with Crippen LogP contribution < -0.4 is 9.47 Å². The Morgan fingerprint density at radius 3 is 2.23 bits per heavy atom. The smallest absolute Gasteiger partial charge is 0.254 e. The number of carbonyl (C=O) groups is 2. The summed E-state index contributed by atoms with van der Waals surface area (Å²) in [7, 11) is 3.17. The number of piperazine rings is 1. The maximum absolute atomic E-state index is 13.1. The van der Waals surface area contributed by atoms with Crippen molar-refractivity contribution in [1.82, 2.24) is 14.7 Å². The van der Waals surface area contributed by atoms with Crippen molar-refractivity contribution in [2.24, 2.45) is 0 Å².